The molecule has 0 saturated carbocycles. The molecule has 0 atom stereocenters. The lowest BCUT2D eigenvalue weighted by molar-refractivity contribution is 0.852. The zero-order chi connectivity index (χ0) is 17.2. The summed E-state index contributed by atoms with van der Waals surface area (Å²) < 4.78 is 0. The molecule has 5 heteroatoms. The van der Waals surface area contributed by atoms with Gasteiger partial charge in [0.1, 0.15) is 11.6 Å². The van der Waals surface area contributed by atoms with Gasteiger partial charge in [0.05, 0.1) is 15.6 Å². The number of aromatic nitrogens is 3. The number of anilines is 2. The number of pyridine rings is 2. The van der Waals surface area contributed by atoms with E-state index in [-0.39, 0.29) is 0 Å². The fraction of sp³-hybridized carbons (Fsp3) is 0.150. The minimum absolute atomic E-state index is 0.432. The Balaban J connectivity index is 1.61. The highest BCUT2D eigenvalue weighted by Crippen LogP contribution is 2.29. The summed E-state index contributed by atoms with van der Waals surface area (Å²) in [6, 6.07) is 16.2. The normalized spacial score (nSPS) is 11.2. The molecule has 0 aliphatic heterocycles. The molecule has 0 fully saturated rings. The SMILES string of the molecule is CC(C)c1ncc(-c2cccc(Nc3cc4ccccc4cn3)n2)s1. The Morgan fingerprint density at radius 1 is 0.880 bits per heavy atom. The predicted octanol–water partition coefficient (Wildman–Crippen LogP) is 5.62. The maximum atomic E-state index is 4.71. The van der Waals surface area contributed by atoms with Crippen LogP contribution in [-0.2, 0) is 0 Å². The Bertz CT molecular complexity index is 1020. The van der Waals surface area contributed by atoms with Gasteiger partial charge in [-0.15, -0.1) is 11.3 Å². The number of rotatable bonds is 4. The third-order valence-electron chi connectivity index (χ3n) is 3.91. The van der Waals surface area contributed by atoms with Gasteiger partial charge < -0.3 is 5.32 Å². The van der Waals surface area contributed by atoms with E-state index in [0.29, 0.717) is 5.92 Å². The summed E-state index contributed by atoms with van der Waals surface area (Å²) in [5, 5.41) is 6.71. The topological polar surface area (TPSA) is 50.7 Å². The molecule has 124 valence electrons. The number of benzene rings is 1. The van der Waals surface area contributed by atoms with Crippen LogP contribution in [0.5, 0.6) is 0 Å². The van der Waals surface area contributed by atoms with E-state index in [2.05, 4.69) is 41.3 Å². The Labute approximate surface area is 150 Å². The molecule has 0 amide bonds. The lowest BCUT2D eigenvalue weighted by atomic mass is 10.2. The fourth-order valence-corrected chi connectivity index (χ4v) is 3.49. The van der Waals surface area contributed by atoms with E-state index >= 15 is 0 Å². The van der Waals surface area contributed by atoms with E-state index in [1.807, 2.05) is 48.8 Å². The van der Waals surface area contributed by atoms with Crippen molar-refractivity contribution in [2.75, 3.05) is 5.32 Å². The van der Waals surface area contributed by atoms with Crippen LogP contribution in [0.1, 0.15) is 24.8 Å². The van der Waals surface area contributed by atoms with Crippen molar-refractivity contribution in [3.05, 3.63) is 65.9 Å². The van der Waals surface area contributed by atoms with Gasteiger partial charge in [-0.1, -0.05) is 44.2 Å². The Hall–Kier alpha value is -2.79. The first-order valence-electron chi connectivity index (χ1n) is 8.24. The van der Waals surface area contributed by atoms with Crippen LogP contribution in [0, 0.1) is 0 Å². The molecule has 4 rings (SSSR count). The lowest BCUT2D eigenvalue weighted by Gasteiger charge is -2.07. The summed E-state index contributed by atoms with van der Waals surface area (Å²) in [5.41, 5.74) is 0.926. The maximum absolute atomic E-state index is 4.71. The van der Waals surface area contributed by atoms with Gasteiger partial charge in [0.25, 0.3) is 0 Å². The van der Waals surface area contributed by atoms with Gasteiger partial charge in [-0.2, -0.15) is 0 Å². The zero-order valence-electron chi connectivity index (χ0n) is 14.1. The van der Waals surface area contributed by atoms with Crippen molar-refractivity contribution >= 4 is 33.7 Å². The average Bonchev–Trinajstić information content (AvgIpc) is 3.12. The van der Waals surface area contributed by atoms with E-state index in [9.17, 15) is 0 Å². The number of hydrogen-bond acceptors (Lipinski definition) is 5. The smallest absolute Gasteiger partial charge is 0.132 e. The quantitative estimate of drug-likeness (QED) is 0.521. The second kappa shape index (κ2) is 6.61. The van der Waals surface area contributed by atoms with E-state index in [4.69, 9.17) is 4.98 Å². The monoisotopic (exact) mass is 346 g/mol. The number of nitrogens with zero attached hydrogens (tertiary/aromatic N) is 3. The van der Waals surface area contributed by atoms with Crippen LogP contribution in [0.15, 0.2) is 60.9 Å². The molecule has 0 aliphatic carbocycles. The minimum Gasteiger partial charge on any atom is -0.325 e. The highest BCUT2D eigenvalue weighted by molar-refractivity contribution is 7.15. The van der Waals surface area contributed by atoms with Gasteiger partial charge in [0.2, 0.25) is 0 Å². The van der Waals surface area contributed by atoms with E-state index in [0.717, 1.165) is 38.0 Å². The largest absolute Gasteiger partial charge is 0.325 e. The predicted molar refractivity (Wildman–Crippen MR) is 104 cm³/mol. The molecule has 0 aliphatic rings. The Morgan fingerprint density at radius 3 is 2.52 bits per heavy atom. The minimum atomic E-state index is 0.432. The Morgan fingerprint density at radius 2 is 1.72 bits per heavy atom. The lowest BCUT2D eigenvalue weighted by Crippen LogP contribution is -1.96. The highest BCUT2D eigenvalue weighted by Gasteiger charge is 2.09. The van der Waals surface area contributed by atoms with E-state index in [1.54, 1.807) is 11.3 Å². The molecular weight excluding hydrogens is 328 g/mol. The first-order valence-corrected chi connectivity index (χ1v) is 9.06. The molecule has 0 saturated heterocycles. The fourth-order valence-electron chi connectivity index (χ4n) is 2.60. The van der Waals surface area contributed by atoms with Crippen molar-refractivity contribution in [1.82, 2.24) is 15.0 Å². The Kier molecular flexibility index (Phi) is 4.15. The summed E-state index contributed by atoms with van der Waals surface area (Å²) in [6.07, 6.45) is 3.78. The number of thiazole rings is 1. The molecule has 0 unspecified atom stereocenters. The highest BCUT2D eigenvalue weighted by atomic mass is 32.1. The van der Waals surface area contributed by atoms with Gasteiger partial charge >= 0.3 is 0 Å². The second-order valence-corrected chi connectivity index (χ2v) is 7.23. The maximum Gasteiger partial charge on any atom is 0.132 e. The van der Waals surface area contributed by atoms with Gasteiger partial charge in [-0.25, -0.2) is 15.0 Å². The molecule has 25 heavy (non-hydrogen) atoms. The van der Waals surface area contributed by atoms with Crippen molar-refractivity contribution in [3.8, 4) is 10.6 Å². The molecule has 1 N–H and O–H groups in total. The summed E-state index contributed by atoms with van der Waals surface area (Å²) >= 11 is 1.69. The van der Waals surface area contributed by atoms with Crippen molar-refractivity contribution in [2.24, 2.45) is 0 Å². The molecular formula is C20H18N4S. The molecule has 3 aromatic heterocycles. The first-order chi connectivity index (χ1) is 12.2. The molecule has 0 bridgehead atoms. The summed E-state index contributed by atoms with van der Waals surface area (Å²) in [6.45, 7) is 4.30. The van der Waals surface area contributed by atoms with Crippen LogP contribution >= 0.6 is 11.3 Å². The molecule has 0 spiro atoms. The molecule has 4 nitrogen and oxygen atoms in total. The standard InChI is InChI=1S/C20H18N4S/c1-13(2)20-22-12-17(25-20)16-8-5-9-18(23-16)24-19-10-14-6-3-4-7-15(14)11-21-19/h3-13H,1-2H3,(H,21,23,24). The third kappa shape index (κ3) is 3.37. The number of hydrogen-bond donors (Lipinski definition) is 1. The van der Waals surface area contributed by atoms with Crippen molar-refractivity contribution in [3.63, 3.8) is 0 Å². The van der Waals surface area contributed by atoms with E-state index < -0.39 is 0 Å². The van der Waals surface area contributed by atoms with Crippen LogP contribution in [0.4, 0.5) is 11.6 Å². The van der Waals surface area contributed by atoms with E-state index in [1.165, 1.54) is 0 Å². The number of nitrogens with one attached hydrogen (secondary N) is 1. The van der Waals surface area contributed by atoms with Crippen LogP contribution in [0.3, 0.4) is 0 Å². The summed E-state index contributed by atoms with van der Waals surface area (Å²) in [7, 11) is 0. The van der Waals surface area contributed by atoms with Crippen molar-refractivity contribution in [1.29, 1.82) is 0 Å². The molecule has 3 heterocycles. The molecule has 0 radical (unpaired) electrons. The van der Waals surface area contributed by atoms with Gasteiger partial charge in [-0.05, 0) is 23.6 Å². The van der Waals surface area contributed by atoms with Crippen LogP contribution < -0.4 is 5.32 Å². The zero-order valence-corrected chi connectivity index (χ0v) is 14.9. The molecule has 1 aromatic carbocycles. The van der Waals surface area contributed by atoms with Crippen LogP contribution in [0.2, 0.25) is 0 Å². The molecule has 4 aromatic rings. The first kappa shape index (κ1) is 15.7. The summed E-state index contributed by atoms with van der Waals surface area (Å²) in [5.74, 6) is 2.00. The third-order valence-corrected chi connectivity index (χ3v) is 5.23. The van der Waals surface area contributed by atoms with Gasteiger partial charge in [0.15, 0.2) is 0 Å². The van der Waals surface area contributed by atoms with Gasteiger partial charge in [-0.3, -0.25) is 0 Å². The average molecular weight is 346 g/mol. The number of fused-ring (bicyclic) bond motifs is 1. The summed E-state index contributed by atoms with van der Waals surface area (Å²) in [4.78, 5) is 14.7. The van der Waals surface area contributed by atoms with Crippen LogP contribution in [-0.4, -0.2) is 15.0 Å². The van der Waals surface area contributed by atoms with Gasteiger partial charge in [0, 0.05) is 23.7 Å². The second-order valence-electron chi connectivity index (χ2n) is 6.17. The van der Waals surface area contributed by atoms with Crippen molar-refractivity contribution < 1.29 is 0 Å². The van der Waals surface area contributed by atoms with Crippen molar-refractivity contribution in [2.45, 2.75) is 19.8 Å². The van der Waals surface area contributed by atoms with Crippen LogP contribution in [0.25, 0.3) is 21.3 Å².